The first-order valence-electron chi connectivity index (χ1n) is 11.6. The van der Waals surface area contributed by atoms with Gasteiger partial charge in [-0.2, -0.15) is 0 Å². The van der Waals surface area contributed by atoms with Gasteiger partial charge in [-0.05, 0) is 56.2 Å². The van der Waals surface area contributed by atoms with Gasteiger partial charge in [0.1, 0.15) is 39.9 Å². The van der Waals surface area contributed by atoms with E-state index in [1.807, 2.05) is 12.1 Å². The molecule has 0 amide bonds. The third kappa shape index (κ3) is 6.95. The van der Waals surface area contributed by atoms with Gasteiger partial charge in [0.15, 0.2) is 6.29 Å². The molecular weight excluding hydrogens is 524 g/mol. The summed E-state index contributed by atoms with van der Waals surface area (Å²) >= 11 is 0. The van der Waals surface area contributed by atoms with E-state index in [2.05, 4.69) is 0 Å². The maximum Gasteiger partial charge on any atom is 0.347 e. The molecule has 0 saturated carbocycles. The molecule has 0 saturated heterocycles. The van der Waals surface area contributed by atoms with Crippen LogP contribution in [0.2, 0.25) is 0 Å². The van der Waals surface area contributed by atoms with Crippen LogP contribution in [-0.4, -0.2) is 58.8 Å². The Bertz CT molecular complexity index is 1490. The van der Waals surface area contributed by atoms with E-state index in [1.54, 1.807) is 19.2 Å². The first kappa shape index (κ1) is 30.9. The molecule has 3 rings (SSSR count). The summed E-state index contributed by atoms with van der Waals surface area (Å²) in [5.74, 6) is -3.68. The topological polar surface area (TPSA) is 177 Å². The van der Waals surface area contributed by atoms with Gasteiger partial charge in [-0.25, -0.2) is 14.4 Å². The highest BCUT2D eigenvalue weighted by molar-refractivity contribution is 6.00. The number of phenols is 2. The summed E-state index contributed by atoms with van der Waals surface area (Å²) in [5.41, 5.74) is 0.450. The van der Waals surface area contributed by atoms with Gasteiger partial charge in [0.2, 0.25) is 0 Å². The lowest BCUT2D eigenvalue weighted by Gasteiger charge is -2.16. The number of aryl methyl sites for hydroxylation is 2. The number of aromatic carboxylic acids is 1. The van der Waals surface area contributed by atoms with Gasteiger partial charge < -0.3 is 34.6 Å². The van der Waals surface area contributed by atoms with E-state index in [4.69, 9.17) is 19.3 Å². The number of rotatable bonds is 8. The van der Waals surface area contributed by atoms with Crippen LogP contribution in [0.3, 0.4) is 0 Å². The molecule has 0 aliphatic heterocycles. The van der Waals surface area contributed by atoms with Crippen molar-refractivity contribution in [1.82, 2.24) is 0 Å². The molecule has 0 heterocycles. The molecule has 0 aliphatic carbocycles. The zero-order valence-corrected chi connectivity index (χ0v) is 22.3. The van der Waals surface area contributed by atoms with Crippen LogP contribution < -0.4 is 14.2 Å². The molecule has 210 valence electrons. The number of hydrogen-bond donors (Lipinski definition) is 4. The Morgan fingerprint density at radius 1 is 0.800 bits per heavy atom. The molecule has 0 unspecified atom stereocenters. The molecule has 4 N–H and O–H groups in total. The van der Waals surface area contributed by atoms with Crippen molar-refractivity contribution >= 4 is 30.3 Å². The van der Waals surface area contributed by atoms with E-state index in [1.165, 1.54) is 46.1 Å². The molecule has 0 radical (unpaired) electrons. The average molecular weight is 553 g/mol. The number of carboxylic acid groups (broad SMARTS) is 2. The van der Waals surface area contributed by atoms with Crippen LogP contribution in [0, 0.1) is 20.8 Å². The van der Waals surface area contributed by atoms with Gasteiger partial charge in [0.25, 0.3) is 0 Å². The lowest BCUT2D eigenvalue weighted by Crippen LogP contribution is -2.14. The van der Waals surface area contributed by atoms with Crippen LogP contribution in [0.15, 0.2) is 42.5 Å². The number of esters is 1. The number of ether oxygens (including phenoxy) is 3. The monoisotopic (exact) mass is 552 g/mol. The van der Waals surface area contributed by atoms with Gasteiger partial charge >= 0.3 is 17.9 Å². The van der Waals surface area contributed by atoms with Gasteiger partial charge in [-0.1, -0.05) is 18.2 Å². The Labute approximate surface area is 229 Å². The highest BCUT2D eigenvalue weighted by Crippen LogP contribution is 2.36. The van der Waals surface area contributed by atoms with Crippen molar-refractivity contribution in [2.24, 2.45) is 0 Å². The minimum absolute atomic E-state index is 0.0419. The summed E-state index contributed by atoms with van der Waals surface area (Å²) in [6.45, 7) is 4.35. The van der Waals surface area contributed by atoms with Crippen molar-refractivity contribution in [3.63, 3.8) is 0 Å². The zero-order valence-electron chi connectivity index (χ0n) is 22.3. The Balaban J connectivity index is 0.000000360. The fourth-order valence-electron chi connectivity index (χ4n) is 3.68. The van der Waals surface area contributed by atoms with Crippen molar-refractivity contribution in [1.29, 1.82) is 0 Å². The van der Waals surface area contributed by atoms with Crippen molar-refractivity contribution in [2.45, 2.75) is 20.8 Å². The second-order valence-corrected chi connectivity index (χ2v) is 8.30. The number of aromatic hydroxyl groups is 2. The summed E-state index contributed by atoms with van der Waals surface area (Å²) in [5, 5.41) is 37.9. The number of carboxylic acids is 2. The van der Waals surface area contributed by atoms with Crippen molar-refractivity contribution in [3.05, 3.63) is 81.4 Å². The Hall–Kier alpha value is -5.32. The molecular formula is C29H28O11. The molecule has 40 heavy (non-hydrogen) atoms. The molecule has 0 aliphatic rings. The zero-order chi connectivity index (χ0) is 30.1. The summed E-state index contributed by atoms with van der Waals surface area (Å²) in [7, 11) is 2.86. The molecule has 11 nitrogen and oxygen atoms in total. The number of aliphatic carboxylic acids is 1. The summed E-state index contributed by atoms with van der Waals surface area (Å²) < 4.78 is 15.3. The van der Waals surface area contributed by atoms with Crippen LogP contribution >= 0.6 is 0 Å². The van der Waals surface area contributed by atoms with Gasteiger partial charge in [-0.15, -0.1) is 0 Å². The van der Waals surface area contributed by atoms with E-state index in [0.29, 0.717) is 17.6 Å². The number of para-hydroxylation sites is 1. The van der Waals surface area contributed by atoms with Crippen molar-refractivity contribution in [3.8, 4) is 28.7 Å². The quantitative estimate of drug-likeness (QED) is 0.133. The van der Waals surface area contributed by atoms with Crippen LogP contribution in [0.4, 0.5) is 0 Å². The number of carbonyl (C=O) groups excluding carboxylic acids is 2. The fraction of sp³-hybridized carbons (Fsp3) is 0.172. The van der Waals surface area contributed by atoms with Crippen molar-refractivity contribution in [2.75, 3.05) is 14.2 Å². The molecule has 0 aromatic heterocycles. The summed E-state index contributed by atoms with van der Waals surface area (Å²) in [6.07, 6.45) is 2.93. The predicted molar refractivity (Wildman–Crippen MR) is 144 cm³/mol. The normalized spacial score (nSPS) is 10.3. The van der Waals surface area contributed by atoms with Crippen LogP contribution in [0.1, 0.15) is 53.3 Å². The summed E-state index contributed by atoms with van der Waals surface area (Å²) in [6, 6.07) is 9.93. The number of aldehydes is 1. The molecule has 0 bridgehead atoms. The first-order valence-corrected chi connectivity index (χ1v) is 11.6. The molecule has 0 atom stereocenters. The number of phenolic OH excluding ortho intramolecular Hbond substituents is 1. The summed E-state index contributed by atoms with van der Waals surface area (Å²) in [4.78, 5) is 45.4. The molecule has 3 aromatic rings. The minimum Gasteiger partial charge on any atom is -0.507 e. The van der Waals surface area contributed by atoms with Crippen LogP contribution in [-0.2, 0) is 4.79 Å². The van der Waals surface area contributed by atoms with E-state index >= 15 is 0 Å². The smallest absolute Gasteiger partial charge is 0.347 e. The SMILES string of the molecule is COc1cc(C)c(C(=O)Oc2cc(C)c(O)c(C(=O)O)c2C)c(O)c1C=O.COc1ccccc1C=CC(=O)O. The maximum absolute atomic E-state index is 12.6. The minimum atomic E-state index is -1.38. The van der Waals surface area contributed by atoms with Gasteiger partial charge in [0, 0.05) is 17.2 Å². The maximum atomic E-state index is 12.6. The first-order chi connectivity index (χ1) is 18.9. The van der Waals surface area contributed by atoms with Gasteiger partial charge in [0.05, 0.1) is 19.8 Å². The molecule has 0 spiro atoms. The Kier molecular flexibility index (Phi) is 10.4. The second kappa shape index (κ2) is 13.5. The highest BCUT2D eigenvalue weighted by atomic mass is 16.5. The van der Waals surface area contributed by atoms with E-state index in [0.717, 1.165) is 11.6 Å². The number of benzene rings is 3. The second-order valence-electron chi connectivity index (χ2n) is 8.30. The van der Waals surface area contributed by atoms with Crippen LogP contribution in [0.25, 0.3) is 6.08 Å². The number of methoxy groups -OCH3 is 2. The third-order valence-electron chi connectivity index (χ3n) is 5.70. The molecule has 11 heteroatoms. The Morgan fingerprint density at radius 2 is 1.40 bits per heavy atom. The standard InChI is InChI=1S/C19H18O8.C10H10O3/c1-8-5-13(26-4)11(7-20)17(22)14(8)19(25)27-12-6-9(2)16(21)15(10(12)3)18(23)24;1-13-9-5-3-2-4-8(9)6-7-10(11)12/h5-7,21-22H,1-4H3,(H,23,24);2-7H,1H3,(H,11,12). The largest absolute Gasteiger partial charge is 0.507 e. The number of hydrogen-bond acceptors (Lipinski definition) is 9. The van der Waals surface area contributed by atoms with E-state index < -0.39 is 29.4 Å². The highest BCUT2D eigenvalue weighted by Gasteiger charge is 2.26. The lowest BCUT2D eigenvalue weighted by atomic mass is 10.0. The van der Waals surface area contributed by atoms with E-state index in [9.17, 15) is 34.5 Å². The van der Waals surface area contributed by atoms with E-state index in [-0.39, 0.29) is 39.3 Å². The molecule has 0 fully saturated rings. The number of carbonyl (C=O) groups is 4. The van der Waals surface area contributed by atoms with Gasteiger partial charge in [-0.3, -0.25) is 4.79 Å². The predicted octanol–water partition coefficient (Wildman–Crippen LogP) is 4.55. The average Bonchev–Trinajstić information content (AvgIpc) is 2.90. The third-order valence-corrected chi connectivity index (χ3v) is 5.70. The van der Waals surface area contributed by atoms with Crippen molar-refractivity contribution < 1.29 is 53.8 Å². The molecule has 3 aromatic carbocycles. The fourth-order valence-corrected chi connectivity index (χ4v) is 3.68. The lowest BCUT2D eigenvalue weighted by molar-refractivity contribution is -0.131. The Morgan fingerprint density at radius 3 is 1.95 bits per heavy atom. The van der Waals surface area contributed by atoms with Crippen LogP contribution in [0.5, 0.6) is 28.7 Å².